The van der Waals surface area contributed by atoms with Crippen LogP contribution in [0.25, 0.3) is 11.3 Å². The number of amides is 1. The fourth-order valence-corrected chi connectivity index (χ4v) is 4.05. The Morgan fingerprint density at radius 1 is 1.30 bits per heavy atom. The van der Waals surface area contributed by atoms with Crippen LogP contribution in [0.2, 0.25) is 0 Å². The van der Waals surface area contributed by atoms with E-state index >= 15 is 0 Å². The zero-order valence-electron chi connectivity index (χ0n) is 15.4. The van der Waals surface area contributed by atoms with Gasteiger partial charge in [0.15, 0.2) is 0 Å². The summed E-state index contributed by atoms with van der Waals surface area (Å²) in [4.78, 5) is 23.9. The molecule has 0 saturated carbocycles. The van der Waals surface area contributed by atoms with Crippen LogP contribution in [0.1, 0.15) is 31.4 Å². The molecule has 1 aromatic heterocycles. The fourth-order valence-electron chi connectivity index (χ4n) is 4.05. The van der Waals surface area contributed by atoms with Crippen LogP contribution in [-0.4, -0.2) is 46.5 Å². The number of carbonyl (C=O) groups is 1. The van der Waals surface area contributed by atoms with Gasteiger partial charge in [-0.3, -0.25) is 25.6 Å². The topological polar surface area (TPSA) is 70.2 Å². The summed E-state index contributed by atoms with van der Waals surface area (Å²) in [6, 6.07) is 6.56. The molecule has 3 unspecified atom stereocenters. The summed E-state index contributed by atoms with van der Waals surface area (Å²) < 4.78 is 13.7. The highest BCUT2D eigenvalue weighted by molar-refractivity contribution is 5.80. The average Bonchev–Trinajstić information content (AvgIpc) is 3.13. The Bertz CT molecular complexity index is 830. The molecular formula is C20H24FN5O. The molecule has 2 N–H and O–H groups in total. The molecular weight excluding hydrogens is 345 g/mol. The number of piperidine rings is 1. The van der Waals surface area contributed by atoms with E-state index in [0.29, 0.717) is 18.8 Å². The normalized spacial score (nSPS) is 25.6. The van der Waals surface area contributed by atoms with Crippen LogP contribution in [0.15, 0.2) is 36.7 Å². The lowest BCUT2D eigenvalue weighted by Gasteiger charge is -2.35. The second kappa shape index (κ2) is 7.70. The zero-order chi connectivity index (χ0) is 18.8. The van der Waals surface area contributed by atoms with Gasteiger partial charge in [-0.15, -0.1) is 0 Å². The molecule has 3 heterocycles. The maximum Gasteiger partial charge on any atom is 0.228 e. The predicted octanol–water partition coefficient (Wildman–Crippen LogP) is 2.10. The molecule has 2 aliphatic rings. The zero-order valence-corrected chi connectivity index (χ0v) is 15.4. The minimum atomic E-state index is -0.292. The fraction of sp³-hybridized carbons (Fsp3) is 0.450. The predicted molar refractivity (Wildman–Crippen MR) is 100 cm³/mol. The van der Waals surface area contributed by atoms with Crippen LogP contribution < -0.4 is 10.9 Å². The van der Waals surface area contributed by atoms with E-state index in [1.807, 2.05) is 17.9 Å². The van der Waals surface area contributed by atoms with Crippen molar-refractivity contribution in [2.45, 2.75) is 31.7 Å². The summed E-state index contributed by atoms with van der Waals surface area (Å²) in [6.07, 6.45) is 5.18. The highest BCUT2D eigenvalue weighted by Gasteiger charge is 2.35. The van der Waals surface area contributed by atoms with Gasteiger partial charge in [0.05, 0.1) is 17.3 Å². The van der Waals surface area contributed by atoms with E-state index in [2.05, 4.69) is 20.8 Å². The monoisotopic (exact) mass is 369 g/mol. The number of nitrogens with one attached hydrogen (secondary N) is 2. The first kappa shape index (κ1) is 18.0. The summed E-state index contributed by atoms with van der Waals surface area (Å²) in [6.45, 7) is 4.08. The maximum absolute atomic E-state index is 13.7. The van der Waals surface area contributed by atoms with Crippen LogP contribution in [-0.2, 0) is 4.79 Å². The van der Waals surface area contributed by atoms with Crippen LogP contribution in [0.5, 0.6) is 0 Å². The third kappa shape index (κ3) is 3.70. The van der Waals surface area contributed by atoms with E-state index in [9.17, 15) is 9.18 Å². The average molecular weight is 369 g/mol. The van der Waals surface area contributed by atoms with Crippen molar-refractivity contribution in [1.82, 2.24) is 25.7 Å². The number of halogens is 1. The molecule has 27 heavy (non-hydrogen) atoms. The Labute approximate surface area is 158 Å². The van der Waals surface area contributed by atoms with Crippen LogP contribution in [0.3, 0.4) is 0 Å². The molecule has 2 aromatic rings. The number of rotatable bonds is 3. The van der Waals surface area contributed by atoms with E-state index in [-0.39, 0.29) is 29.6 Å². The number of aromatic nitrogens is 2. The van der Waals surface area contributed by atoms with Gasteiger partial charge in [0.2, 0.25) is 5.91 Å². The van der Waals surface area contributed by atoms with Gasteiger partial charge in [-0.2, -0.15) is 0 Å². The summed E-state index contributed by atoms with van der Waals surface area (Å²) in [5.41, 5.74) is 8.45. The van der Waals surface area contributed by atoms with Crippen LogP contribution in [0, 0.1) is 11.7 Å². The third-order valence-corrected chi connectivity index (χ3v) is 5.52. The molecule has 0 radical (unpaired) electrons. The van der Waals surface area contributed by atoms with Gasteiger partial charge in [0.1, 0.15) is 5.82 Å². The highest BCUT2D eigenvalue weighted by atomic mass is 19.1. The van der Waals surface area contributed by atoms with Crippen molar-refractivity contribution in [2.75, 3.05) is 19.6 Å². The number of nitrogens with zero attached hydrogens (tertiary/aromatic N) is 3. The van der Waals surface area contributed by atoms with E-state index in [4.69, 9.17) is 0 Å². The first-order valence-corrected chi connectivity index (χ1v) is 9.47. The minimum Gasteiger partial charge on any atom is -0.342 e. The van der Waals surface area contributed by atoms with Gasteiger partial charge < -0.3 is 4.90 Å². The SMILES string of the molecule is CC1NNCC1C(=O)N1CCCC(c2nccnc2-c2cccc(F)c2)C1. The van der Waals surface area contributed by atoms with Crippen molar-refractivity contribution in [1.29, 1.82) is 0 Å². The van der Waals surface area contributed by atoms with E-state index < -0.39 is 0 Å². The first-order valence-electron chi connectivity index (χ1n) is 9.47. The van der Waals surface area contributed by atoms with Crippen molar-refractivity contribution < 1.29 is 9.18 Å². The number of carbonyl (C=O) groups excluding carboxylic acids is 1. The van der Waals surface area contributed by atoms with Crippen molar-refractivity contribution in [2.24, 2.45) is 5.92 Å². The number of likely N-dealkylation sites (tertiary alicyclic amines) is 1. The molecule has 0 aliphatic carbocycles. The third-order valence-electron chi connectivity index (χ3n) is 5.52. The van der Waals surface area contributed by atoms with Crippen molar-refractivity contribution in [3.8, 4) is 11.3 Å². The van der Waals surface area contributed by atoms with Gasteiger partial charge >= 0.3 is 0 Å². The van der Waals surface area contributed by atoms with E-state index in [0.717, 1.165) is 30.6 Å². The summed E-state index contributed by atoms with van der Waals surface area (Å²) in [7, 11) is 0. The lowest BCUT2D eigenvalue weighted by Crippen LogP contribution is -2.45. The van der Waals surface area contributed by atoms with Crippen molar-refractivity contribution in [3.63, 3.8) is 0 Å². The molecule has 1 aromatic carbocycles. The van der Waals surface area contributed by atoms with Gasteiger partial charge in [0, 0.05) is 49.6 Å². The molecule has 4 rings (SSSR count). The summed E-state index contributed by atoms with van der Waals surface area (Å²) in [5, 5.41) is 0. The van der Waals surface area contributed by atoms with Crippen molar-refractivity contribution in [3.05, 3.63) is 48.2 Å². The Morgan fingerprint density at radius 3 is 2.93 bits per heavy atom. The Balaban J connectivity index is 1.58. The highest BCUT2D eigenvalue weighted by Crippen LogP contribution is 2.32. The van der Waals surface area contributed by atoms with Crippen LogP contribution >= 0.6 is 0 Å². The number of hydrazine groups is 1. The smallest absolute Gasteiger partial charge is 0.228 e. The Morgan fingerprint density at radius 2 is 2.15 bits per heavy atom. The molecule has 2 aliphatic heterocycles. The molecule has 0 spiro atoms. The standard InChI is InChI=1S/C20H24FN5O/c1-13-17(11-24-25-13)20(27)26-9-3-5-15(12-26)19-18(22-7-8-23-19)14-4-2-6-16(21)10-14/h2,4,6-8,10,13,15,17,24-25H,3,5,9,11-12H2,1H3. The first-order chi connectivity index (χ1) is 13.1. The van der Waals surface area contributed by atoms with Gasteiger partial charge in [-0.05, 0) is 31.9 Å². The molecule has 6 nitrogen and oxygen atoms in total. The lowest BCUT2D eigenvalue weighted by molar-refractivity contribution is -0.136. The van der Waals surface area contributed by atoms with Gasteiger partial charge in [-0.1, -0.05) is 12.1 Å². The molecule has 1 amide bonds. The van der Waals surface area contributed by atoms with E-state index in [1.54, 1.807) is 18.5 Å². The lowest BCUT2D eigenvalue weighted by atomic mass is 9.90. The van der Waals surface area contributed by atoms with Gasteiger partial charge in [0.25, 0.3) is 0 Å². The Kier molecular flexibility index (Phi) is 5.13. The van der Waals surface area contributed by atoms with E-state index in [1.165, 1.54) is 12.1 Å². The molecule has 2 fully saturated rings. The van der Waals surface area contributed by atoms with Crippen LogP contribution in [0.4, 0.5) is 4.39 Å². The number of benzene rings is 1. The second-order valence-corrected chi connectivity index (χ2v) is 7.34. The van der Waals surface area contributed by atoms with Gasteiger partial charge in [-0.25, -0.2) is 4.39 Å². The Hall–Kier alpha value is -2.38. The largest absolute Gasteiger partial charge is 0.342 e. The molecule has 142 valence electrons. The summed E-state index contributed by atoms with van der Waals surface area (Å²) >= 11 is 0. The van der Waals surface area contributed by atoms with Crippen molar-refractivity contribution >= 4 is 5.91 Å². The molecule has 2 saturated heterocycles. The number of hydrogen-bond acceptors (Lipinski definition) is 5. The second-order valence-electron chi connectivity index (χ2n) is 7.34. The molecule has 7 heteroatoms. The summed E-state index contributed by atoms with van der Waals surface area (Å²) in [5.74, 6) is -0.0544. The maximum atomic E-state index is 13.7. The number of hydrogen-bond donors (Lipinski definition) is 2. The molecule has 3 atom stereocenters. The quantitative estimate of drug-likeness (QED) is 0.867. The molecule has 0 bridgehead atoms. The minimum absolute atomic E-state index is 0.0479.